The fraction of sp³-hybridized carbons (Fsp3) is 0.400. The number of benzene rings is 2. The maximum Gasteiger partial charge on any atom is 0.416 e. The number of nitrogens with one attached hydrogen (secondary N) is 1. The van der Waals surface area contributed by atoms with Crippen LogP contribution in [0.5, 0.6) is 0 Å². The van der Waals surface area contributed by atoms with Gasteiger partial charge in [-0.1, -0.05) is 55.8 Å². The Morgan fingerprint density at radius 1 is 1.12 bits per heavy atom. The Morgan fingerprint density at radius 3 is 2.41 bits per heavy atom. The van der Waals surface area contributed by atoms with E-state index < -0.39 is 33.7 Å². The Bertz CT molecular complexity index is 1090. The summed E-state index contributed by atoms with van der Waals surface area (Å²) in [7, 11) is -3.61. The zero-order chi connectivity index (χ0) is 24.8. The number of alkyl halides is 3. The van der Waals surface area contributed by atoms with Gasteiger partial charge in [-0.15, -0.1) is 0 Å². The second kappa shape index (κ2) is 11.2. The summed E-state index contributed by atoms with van der Waals surface area (Å²) >= 11 is 0. The number of sulfonamides is 1. The molecular weight excluding hydrogens is 465 g/mol. The van der Waals surface area contributed by atoms with E-state index in [1.807, 2.05) is 25.1 Å². The van der Waals surface area contributed by atoms with Gasteiger partial charge in [0.05, 0.1) is 11.6 Å². The van der Waals surface area contributed by atoms with Crippen LogP contribution in [0.25, 0.3) is 6.08 Å². The first-order chi connectivity index (χ1) is 16.1. The highest BCUT2D eigenvalue weighted by molar-refractivity contribution is 7.92. The lowest BCUT2D eigenvalue weighted by atomic mass is 9.95. The highest BCUT2D eigenvalue weighted by Gasteiger charge is 2.33. The smallest absolute Gasteiger partial charge is 0.349 e. The van der Waals surface area contributed by atoms with Crippen molar-refractivity contribution < 1.29 is 26.4 Å². The van der Waals surface area contributed by atoms with E-state index in [0.29, 0.717) is 31.2 Å². The number of carbonyl (C=O) groups is 1. The van der Waals surface area contributed by atoms with Crippen molar-refractivity contribution in [2.45, 2.75) is 44.8 Å². The summed E-state index contributed by atoms with van der Waals surface area (Å²) in [6.07, 6.45) is -1.02. The third-order valence-corrected chi connectivity index (χ3v) is 7.49. The quantitative estimate of drug-likeness (QED) is 0.536. The summed E-state index contributed by atoms with van der Waals surface area (Å²) in [5, 5.41) is 4.07. The van der Waals surface area contributed by atoms with Crippen molar-refractivity contribution in [3.63, 3.8) is 0 Å². The van der Waals surface area contributed by atoms with Gasteiger partial charge in [-0.3, -0.25) is 4.79 Å². The molecule has 0 unspecified atom stereocenters. The molecule has 9 heteroatoms. The monoisotopic (exact) mass is 494 g/mol. The van der Waals surface area contributed by atoms with Gasteiger partial charge in [0.15, 0.2) is 0 Å². The number of halogens is 3. The molecule has 0 saturated carbocycles. The van der Waals surface area contributed by atoms with E-state index in [4.69, 9.17) is 0 Å². The molecule has 0 aromatic heterocycles. The summed E-state index contributed by atoms with van der Waals surface area (Å²) in [5.74, 6) is -0.651. The third-order valence-electron chi connectivity index (χ3n) is 5.93. The molecule has 0 bridgehead atoms. The van der Waals surface area contributed by atoms with Crippen LogP contribution in [0, 0.1) is 5.92 Å². The first kappa shape index (κ1) is 26.0. The fourth-order valence-electron chi connectivity index (χ4n) is 4.02. The molecule has 34 heavy (non-hydrogen) atoms. The van der Waals surface area contributed by atoms with Crippen molar-refractivity contribution in [1.82, 2.24) is 9.62 Å². The molecule has 1 N–H and O–H groups in total. The number of hydrogen-bond acceptors (Lipinski definition) is 3. The molecule has 1 amide bonds. The van der Waals surface area contributed by atoms with E-state index in [-0.39, 0.29) is 19.0 Å². The van der Waals surface area contributed by atoms with Crippen molar-refractivity contribution in [3.8, 4) is 0 Å². The van der Waals surface area contributed by atoms with Gasteiger partial charge in [0, 0.05) is 24.4 Å². The van der Waals surface area contributed by atoms with Gasteiger partial charge in [-0.25, -0.2) is 8.42 Å². The average molecular weight is 495 g/mol. The number of carbonyl (C=O) groups excluding carboxylic acids is 1. The third kappa shape index (κ3) is 6.93. The van der Waals surface area contributed by atoms with E-state index in [2.05, 4.69) is 5.32 Å². The number of rotatable bonds is 8. The number of hydrogen-bond donors (Lipinski definition) is 1. The molecule has 2 aromatic rings. The maximum absolute atomic E-state index is 13.1. The van der Waals surface area contributed by atoms with E-state index >= 15 is 0 Å². The Balaban J connectivity index is 1.61. The summed E-state index contributed by atoms with van der Waals surface area (Å²) in [6.45, 7) is 2.32. The van der Waals surface area contributed by atoms with Crippen LogP contribution in [-0.4, -0.2) is 31.7 Å². The van der Waals surface area contributed by atoms with E-state index in [1.165, 1.54) is 15.8 Å². The van der Waals surface area contributed by atoms with Crippen LogP contribution in [0.3, 0.4) is 0 Å². The average Bonchev–Trinajstić information content (AvgIpc) is 2.83. The lowest BCUT2D eigenvalue weighted by Crippen LogP contribution is -2.43. The maximum atomic E-state index is 13.1. The van der Waals surface area contributed by atoms with Gasteiger partial charge in [-0.05, 0) is 48.6 Å². The Labute approximate surface area is 198 Å². The first-order valence-electron chi connectivity index (χ1n) is 11.3. The Hall–Kier alpha value is -2.65. The normalized spacial score (nSPS) is 17.1. The fourth-order valence-corrected chi connectivity index (χ4v) is 5.24. The van der Waals surface area contributed by atoms with Gasteiger partial charge in [0.2, 0.25) is 15.9 Å². The van der Waals surface area contributed by atoms with Gasteiger partial charge >= 0.3 is 6.18 Å². The van der Waals surface area contributed by atoms with E-state index in [9.17, 15) is 26.4 Å². The van der Waals surface area contributed by atoms with Crippen LogP contribution >= 0.6 is 0 Å². The van der Waals surface area contributed by atoms with Crippen LogP contribution in [0.1, 0.15) is 55.3 Å². The molecule has 1 fully saturated rings. The molecule has 1 heterocycles. The summed E-state index contributed by atoms with van der Waals surface area (Å²) in [6, 6.07) is 13.6. The van der Waals surface area contributed by atoms with Crippen LogP contribution in [-0.2, 0) is 21.0 Å². The van der Waals surface area contributed by atoms with Crippen LogP contribution in [0.15, 0.2) is 60.0 Å². The molecule has 1 atom stereocenters. The number of amides is 1. The van der Waals surface area contributed by atoms with Gasteiger partial charge in [0.25, 0.3) is 0 Å². The first-order valence-corrected chi connectivity index (χ1v) is 12.8. The second-order valence-electron chi connectivity index (χ2n) is 8.40. The van der Waals surface area contributed by atoms with Crippen molar-refractivity contribution in [3.05, 3.63) is 76.7 Å². The SMILES string of the molecule is CCC[C@@H](NC(=O)C1CCN(S(=O)(=O)/C=C/c2ccccc2)CC1)c1cccc(C(F)(F)F)c1. The highest BCUT2D eigenvalue weighted by Crippen LogP contribution is 2.32. The van der Waals surface area contributed by atoms with Gasteiger partial charge < -0.3 is 5.32 Å². The summed E-state index contributed by atoms with van der Waals surface area (Å²) in [4.78, 5) is 12.9. The van der Waals surface area contributed by atoms with Gasteiger partial charge in [0.1, 0.15) is 0 Å². The lowest BCUT2D eigenvalue weighted by Gasteiger charge is -2.31. The standard InChI is InChI=1S/C25H29F3N2O3S/c1-2-7-23(21-10-6-11-22(18-21)25(26,27)28)29-24(31)20-12-15-30(16-13-20)34(32,33)17-14-19-8-4-3-5-9-19/h3-6,8-11,14,17-18,20,23H,2,7,12-13,15-16H2,1H3,(H,29,31)/b17-14+/t23-/m1/s1. The van der Waals surface area contributed by atoms with Crippen LogP contribution in [0.2, 0.25) is 0 Å². The second-order valence-corrected chi connectivity index (χ2v) is 10.2. The molecule has 1 aliphatic rings. The Morgan fingerprint density at radius 2 is 1.79 bits per heavy atom. The molecule has 0 aliphatic carbocycles. The zero-order valence-corrected chi connectivity index (χ0v) is 19.8. The Kier molecular flexibility index (Phi) is 8.54. The molecule has 0 spiro atoms. The summed E-state index contributed by atoms with van der Waals surface area (Å²) < 4.78 is 66.0. The molecular formula is C25H29F3N2O3S. The van der Waals surface area contributed by atoms with E-state index in [0.717, 1.165) is 17.7 Å². The minimum absolute atomic E-state index is 0.210. The molecule has 3 rings (SSSR count). The number of piperidine rings is 1. The summed E-state index contributed by atoms with van der Waals surface area (Å²) in [5.41, 5.74) is 0.440. The molecule has 1 aliphatic heterocycles. The van der Waals surface area contributed by atoms with Crippen molar-refractivity contribution in [2.24, 2.45) is 5.92 Å². The van der Waals surface area contributed by atoms with Gasteiger partial charge in [-0.2, -0.15) is 17.5 Å². The number of nitrogens with zero attached hydrogens (tertiary/aromatic N) is 1. The molecule has 5 nitrogen and oxygen atoms in total. The predicted molar refractivity (Wildman–Crippen MR) is 126 cm³/mol. The minimum atomic E-state index is -4.45. The zero-order valence-electron chi connectivity index (χ0n) is 19.0. The highest BCUT2D eigenvalue weighted by atomic mass is 32.2. The lowest BCUT2D eigenvalue weighted by molar-refractivity contribution is -0.137. The van der Waals surface area contributed by atoms with Crippen molar-refractivity contribution >= 4 is 22.0 Å². The van der Waals surface area contributed by atoms with Crippen LogP contribution < -0.4 is 5.32 Å². The molecule has 2 aromatic carbocycles. The van der Waals surface area contributed by atoms with Crippen molar-refractivity contribution in [2.75, 3.05) is 13.1 Å². The van der Waals surface area contributed by atoms with E-state index in [1.54, 1.807) is 24.3 Å². The minimum Gasteiger partial charge on any atom is -0.349 e. The van der Waals surface area contributed by atoms with Crippen LogP contribution in [0.4, 0.5) is 13.2 Å². The van der Waals surface area contributed by atoms with Crippen molar-refractivity contribution in [1.29, 1.82) is 0 Å². The predicted octanol–water partition coefficient (Wildman–Crippen LogP) is 5.38. The molecule has 0 radical (unpaired) electrons. The topological polar surface area (TPSA) is 66.5 Å². The molecule has 1 saturated heterocycles. The molecule has 184 valence electrons. The largest absolute Gasteiger partial charge is 0.416 e.